The number of benzene rings is 1. The zero-order valence-corrected chi connectivity index (χ0v) is 14.1. The molecule has 6 heteroatoms. The van der Waals surface area contributed by atoms with Gasteiger partial charge in [0.15, 0.2) is 0 Å². The summed E-state index contributed by atoms with van der Waals surface area (Å²) in [4.78, 5) is 12.9. The van der Waals surface area contributed by atoms with E-state index in [-0.39, 0.29) is 24.2 Å². The van der Waals surface area contributed by atoms with Crippen molar-refractivity contribution in [2.75, 3.05) is 32.5 Å². The summed E-state index contributed by atoms with van der Waals surface area (Å²) in [6.07, 6.45) is 0. The molecule has 118 valence electrons. The largest absolute Gasteiger partial charge is 0.496 e. The highest BCUT2D eigenvalue weighted by atomic mass is 35.5. The molecule has 1 fully saturated rings. The molecule has 4 nitrogen and oxygen atoms in total. The smallest absolute Gasteiger partial charge is 0.225 e. The Hall–Kier alpha value is -0.910. The predicted molar refractivity (Wildman–Crippen MR) is 89.5 cm³/mol. The Bertz CT molecular complexity index is 455. The van der Waals surface area contributed by atoms with Gasteiger partial charge in [0, 0.05) is 30.3 Å². The van der Waals surface area contributed by atoms with E-state index in [1.165, 1.54) is 0 Å². The monoisotopic (exact) mass is 330 g/mol. The number of carbonyl (C=O) groups is 1. The fourth-order valence-electron chi connectivity index (χ4n) is 1.92. The van der Waals surface area contributed by atoms with Crippen molar-refractivity contribution in [2.24, 2.45) is 11.8 Å². The van der Waals surface area contributed by atoms with Crippen molar-refractivity contribution < 1.29 is 9.53 Å². The summed E-state index contributed by atoms with van der Waals surface area (Å²) in [5.74, 6) is 2.65. The molecule has 1 aliphatic rings. The molecule has 0 aromatic heterocycles. The molecular formula is C15H23ClN2O2S. The molecule has 0 saturated carbocycles. The minimum atomic E-state index is 0. The van der Waals surface area contributed by atoms with Crippen molar-refractivity contribution in [1.29, 1.82) is 0 Å². The van der Waals surface area contributed by atoms with Gasteiger partial charge in [0.2, 0.25) is 5.91 Å². The highest BCUT2D eigenvalue weighted by molar-refractivity contribution is 7.99. The van der Waals surface area contributed by atoms with Gasteiger partial charge in [-0.15, -0.1) is 24.2 Å². The van der Waals surface area contributed by atoms with Gasteiger partial charge in [0.1, 0.15) is 5.75 Å². The van der Waals surface area contributed by atoms with Gasteiger partial charge in [-0.05, 0) is 18.1 Å². The molecule has 0 bridgehead atoms. The summed E-state index contributed by atoms with van der Waals surface area (Å²) in [5, 5.41) is 6.14. The zero-order chi connectivity index (χ0) is 14.4. The van der Waals surface area contributed by atoms with Crippen LogP contribution in [0.5, 0.6) is 5.75 Å². The lowest BCUT2D eigenvalue weighted by atomic mass is 10.0. The second kappa shape index (κ2) is 9.18. The summed E-state index contributed by atoms with van der Waals surface area (Å²) in [7, 11) is 1.69. The Morgan fingerprint density at radius 1 is 1.48 bits per heavy atom. The standard InChI is InChI=1S/C15H22N2O2S.ClH/c1-11(7-17-15(18)12-8-16-9-12)10-20-14-6-4-3-5-13(14)19-2;/h3-6,11-12,16H,7-10H2,1-2H3,(H,17,18);1H. The van der Waals surface area contributed by atoms with Crippen LogP contribution >= 0.6 is 24.2 Å². The Kier molecular flexibility index (Phi) is 7.93. The number of rotatable bonds is 7. The molecule has 1 atom stereocenters. The van der Waals surface area contributed by atoms with Gasteiger partial charge in [-0.25, -0.2) is 0 Å². The van der Waals surface area contributed by atoms with Crippen LogP contribution in [0.1, 0.15) is 6.92 Å². The van der Waals surface area contributed by atoms with Crippen molar-refractivity contribution in [1.82, 2.24) is 10.6 Å². The molecule has 0 aliphatic carbocycles. The van der Waals surface area contributed by atoms with Crippen molar-refractivity contribution in [3.63, 3.8) is 0 Å². The third kappa shape index (κ3) is 5.41. The number of carbonyl (C=O) groups excluding carboxylic acids is 1. The lowest BCUT2D eigenvalue weighted by molar-refractivity contribution is -0.126. The third-order valence-electron chi connectivity index (χ3n) is 3.37. The van der Waals surface area contributed by atoms with Crippen molar-refractivity contribution in [3.05, 3.63) is 24.3 Å². The third-order valence-corrected chi connectivity index (χ3v) is 4.75. The molecule has 1 unspecified atom stereocenters. The molecule has 21 heavy (non-hydrogen) atoms. The fourth-order valence-corrected chi connectivity index (χ4v) is 2.97. The quantitative estimate of drug-likeness (QED) is 0.752. The SMILES string of the molecule is COc1ccccc1SCC(C)CNC(=O)C1CNC1.Cl. The second-order valence-electron chi connectivity index (χ2n) is 5.17. The Labute approximate surface area is 136 Å². The molecule has 2 N–H and O–H groups in total. The number of ether oxygens (including phenoxy) is 1. The molecule has 0 spiro atoms. The minimum Gasteiger partial charge on any atom is -0.496 e. The number of hydrogen-bond acceptors (Lipinski definition) is 4. The van der Waals surface area contributed by atoms with Crippen LogP contribution in [-0.4, -0.2) is 38.4 Å². The van der Waals surface area contributed by atoms with Crippen LogP contribution in [0.4, 0.5) is 0 Å². The first kappa shape index (κ1) is 18.1. The maximum Gasteiger partial charge on any atom is 0.225 e. The average molecular weight is 331 g/mol. The topological polar surface area (TPSA) is 50.4 Å². The fraction of sp³-hybridized carbons (Fsp3) is 0.533. The molecule has 0 radical (unpaired) electrons. The van der Waals surface area contributed by atoms with Gasteiger partial charge in [-0.1, -0.05) is 19.1 Å². The van der Waals surface area contributed by atoms with Gasteiger partial charge in [0.25, 0.3) is 0 Å². The number of nitrogens with one attached hydrogen (secondary N) is 2. The molecular weight excluding hydrogens is 308 g/mol. The van der Waals surface area contributed by atoms with Crippen molar-refractivity contribution >= 4 is 30.1 Å². The summed E-state index contributed by atoms with van der Waals surface area (Å²) in [6.45, 7) is 4.52. The normalized spacial score (nSPS) is 15.5. The highest BCUT2D eigenvalue weighted by Crippen LogP contribution is 2.29. The van der Waals surface area contributed by atoms with Gasteiger partial charge in [-0.3, -0.25) is 4.79 Å². The summed E-state index contributed by atoms with van der Waals surface area (Å²) < 4.78 is 5.33. The van der Waals surface area contributed by atoms with Crippen LogP contribution in [0.3, 0.4) is 0 Å². The first-order valence-corrected chi connectivity index (χ1v) is 7.93. The van der Waals surface area contributed by atoms with Gasteiger partial charge >= 0.3 is 0 Å². The average Bonchev–Trinajstić information content (AvgIpc) is 2.41. The van der Waals surface area contributed by atoms with E-state index < -0.39 is 0 Å². The Morgan fingerprint density at radius 2 is 2.19 bits per heavy atom. The zero-order valence-electron chi connectivity index (χ0n) is 12.4. The summed E-state index contributed by atoms with van der Waals surface area (Å²) in [6, 6.07) is 8.02. The van der Waals surface area contributed by atoms with Crippen molar-refractivity contribution in [2.45, 2.75) is 11.8 Å². The lowest BCUT2D eigenvalue weighted by Gasteiger charge is -2.26. The van der Waals surface area contributed by atoms with Crippen LogP contribution in [-0.2, 0) is 4.79 Å². The molecule has 1 amide bonds. The van der Waals surface area contributed by atoms with E-state index in [0.717, 1.165) is 36.0 Å². The number of hydrogen-bond donors (Lipinski definition) is 2. The van der Waals surface area contributed by atoms with Crippen molar-refractivity contribution in [3.8, 4) is 5.75 Å². The number of para-hydroxylation sites is 1. The van der Waals surface area contributed by atoms with Crippen LogP contribution in [0, 0.1) is 11.8 Å². The molecule has 1 aromatic rings. The first-order valence-electron chi connectivity index (χ1n) is 6.95. The van der Waals surface area contributed by atoms with Crippen LogP contribution in [0.25, 0.3) is 0 Å². The second-order valence-corrected chi connectivity index (χ2v) is 6.23. The Balaban J connectivity index is 0.00000220. The van der Waals surface area contributed by atoms with E-state index in [2.05, 4.69) is 23.6 Å². The van der Waals surface area contributed by atoms with Gasteiger partial charge in [0.05, 0.1) is 13.0 Å². The number of halogens is 1. The first-order chi connectivity index (χ1) is 9.70. The van der Waals surface area contributed by atoms with E-state index in [4.69, 9.17) is 4.74 Å². The van der Waals surface area contributed by atoms with E-state index in [0.29, 0.717) is 5.92 Å². The maximum atomic E-state index is 11.7. The molecule has 1 heterocycles. The maximum absolute atomic E-state index is 11.7. The summed E-state index contributed by atoms with van der Waals surface area (Å²) >= 11 is 1.77. The van der Waals surface area contributed by atoms with Crippen LogP contribution in [0.15, 0.2) is 29.2 Å². The number of methoxy groups -OCH3 is 1. The van der Waals surface area contributed by atoms with Crippen LogP contribution < -0.4 is 15.4 Å². The molecule has 1 aromatic carbocycles. The van der Waals surface area contributed by atoms with Gasteiger partial charge in [-0.2, -0.15) is 0 Å². The molecule has 2 rings (SSSR count). The highest BCUT2D eigenvalue weighted by Gasteiger charge is 2.24. The van der Waals surface area contributed by atoms with Crippen LogP contribution in [0.2, 0.25) is 0 Å². The molecule has 1 saturated heterocycles. The Morgan fingerprint density at radius 3 is 2.81 bits per heavy atom. The lowest BCUT2D eigenvalue weighted by Crippen LogP contribution is -2.51. The number of thioether (sulfide) groups is 1. The van der Waals surface area contributed by atoms with E-state index in [1.54, 1.807) is 18.9 Å². The predicted octanol–water partition coefficient (Wildman–Crippen LogP) is 2.18. The van der Waals surface area contributed by atoms with E-state index in [9.17, 15) is 4.79 Å². The minimum absolute atomic E-state index is 0. The van der Waals surface area contributed by atoms with E-state index >= 15 is 0 Å². The van der Waals surface area contributed by atoms with E-state index in [1.807, 2.05) is 18.2 Å². The van der Waals surface area contributed by atoms with Gasteiger partial charge < -0.3 is 15.4 Å². The number of amides is 1. The summed E-state index contributed by atoms with van der Waals surface area (Å²) in [5.41, 5.74) is 0. The molecule has 1 aliphatic heterocycles.